The van der Waals surface area contributed by atoms with Gasteiger partial charge in [0.25, 0.3) is 0 Å². The Hall–Kier alpha value is -6.39. The van der Waals surface area contributed by atoms with Crippen molar-refractivity contribution in [1.29, 1.82) is 0 Å². The molecule has 98 heavy (non-hydrogen) atoms. The standard InChI is InChI=1S/C60H92N12O26/c1-3-4-6-11-36(77)93-23-30-51(88)63-19-35(76)69-37(24(2)26-9-7-5-8-10-26)53(90)66-28(16-25-12-14-27(15-13-25)94-57-49(87)46(84)50(34(22-75)97-57)98-58-48(86)45(83)43(81)33(21-74)96-58)52(89)70-38(40(78)29-17-64-59(61)68-29)55(92)71-39(54(91)67-30)41(79)31-18-65-60(62)72(31)56-47(85)44(82)42(80)32(20-73)95-56/h5,7-10,12-15,24,28-34,37-50,56-60,64-65,68,73-75,78-87H,3-4,6,11,16-23,61-62H2,1-2H3,(H,63,88)(H,66,90)(H,67,91)(H,69,76)(H,70,89)(H,71,92)/t24-,28+,29-,30-,31-,32+,33+,34+,37-,38-,39+,40-,41-,42+,43+,44-,45-,46+,47-,48-,49-,50+,56-,57-,58+,59?,60?/m0/s1. The van der Waals surface area contributed by atoms with Gasteiger partial charge in [0.1, 0.15) is 141 Å². The smallest absolute Gasteiger partial charge is 0.305 e. The first-order valence-corrected chi connectivity index (χ1v) is 32.2. The van der Waals surface area contributed by atoms with Gasteiger partial charge >= 0.3 is 5.97 Å². The van der Waals surface area contributed by atoms with Gasteiger partial charge in [0.15, 0.2) is 6.29 Å². The van der Waals surface area contributed by atoms with Crippen molar-refractivity contribution in [3.63, 3.8) is 0 Å². The van der Waals surface area contributed by atoms with Crippen LogP contribution in [0.25, 0.3) is 0 Å². The largest absolute Gasteiger partial charge is 0.463 e. The summed E-state index contributed by atoms with van der Waals surface area (Å²) in [6.07, 6.45) is -32.3. The minimum absolute atomic E-state index is 0.0716. The number of nitrogens with two attached hydrogens (primary N) is 2. The molecule has 2 aromatic carbocycles. The summed E-state index contributed by atoms with van der Waals surface area (Å²) in [4.78, 5) is 103. The Bertz CT molecular complexity index is 2970. The number of benzene rings is 2. The summed E-state index contributed by atoms with van der Waals surface area (Å²) in [5, 5.41) is 165. The zero-order valence-corrected chi connectivity index (χ0v) is 53.5. The molecule has 6 fully saturated rings. The second-order valence-electron chi connectivity index (χ2n) is 24.9. The van der Waals surface area contributed by atoms with Crippen LogP contribution < -0.4 is 64.1 Å². The lowest BCUT2D eigenvalue weighted by Gasteiger charge is -2.47. The van der Waals surface area contributed by atoms with Gasteiger partial charge in [-0.25, -0.2) is 4.90 Å². The number of aliphatic hydroxyl groups is 13. The van der Waals surface area contributed by atoms with E-state index in [-0.39, 0.29) is 24.3 Å². The number of unbranched alkanes of at least 4 members (excludes halogenated alkanes) is 2. The molecule has 0 aliphatic carbocycles. The topological polar surface area (TPSA) is 601 Å². The molecule has 6 heterocycles. The summed E-state index contributed by atoms with van der Waals surface area (Å²) >= 11 is 0. The zero-order valence-electron chi connectivity index (χ0n) is 53.5. The van der Waals surface area contributed by atoms with Gasteiger partial charge in [0.05, 0.1) is 44.6 Å². The predicted octanol–water partition coefficient (Wildman–Crippen LogP) is -12.4. The van der Waals surface area contributed by atoms with Crippen LogP contribution in [-0.2, 0) is 63.7 Å². The van der Waals surface area contributed by atoms with E-state index < -0.39 is 252 Å². The molecule has 0 saturated carbocycles. The molecule has 548 valence electrons. The molecule has 6 aliphatic rings. The number of hydrogen-bond donors (Lipinski definition) is 24. The van der Waals surface area contributed by atoms with Crippen LogP contribution in [0.5, 0.6) is 5.75 Å². The van der Waals surface area contributed by atoms with E-state index in [0.717, 1.165) is 11.3 Å². The molecule has 2 aromatic rings. The van der Waals surface area contributed by atoms with Crippen LogP contribution in [0.15, 0.2) is 54.6 Å². The Balaban J connectivity index is 1.13. The van der Waals surface area contributed by atoms with Crippen molar-refractivity contribution in [3.8, 4) is 5.75 Å². The molecule has 6 saturated heterocycles. The van der Waals surface area contributed by atoms with E-state index in [1.54, 1.807) is 37.3 Å². The molecule has 27 atom stereocenters. The monoisotopic (exact) mass is 1400 g/mol. The molecule has 0 radical (unpaired) electrons. The summed E-state index contributed by atoms with van der Waals surface area (Å²) in [5.74, 6) is -9.00. The van der Waals surface area contributed by atoms with Gasteiger partial charge in [0.2, 0.25) is 41.7 Å². The molecule has 2 unspecified atom stereocenters. The number of hydrogen-bond acceptors (Lipinski definition) is 32. The van der Waals surface area contributed by atoms with Crippen molar-refractivity contribution < 1.29 is 128 Å². The predicted molar refractivity (Wildman–Crippen MR) is 330 cm³/mol. The Labute approximate surface area is 560 Å². The summed E-state index contributed by atoms with van der Waals surface area (Å²) < 4.78 is 33.9. The maximum absolute atomic E-state index is 15.3. The lowest BCUT2D eigenvalue weighted by molar-refractivity contribution is -0.352. The molecule has 0 bridgehead atoms. The van der Waals surface area contributed by atoms with E-state index in [9.17, 15) is 80.8 Å². The highest BCUT2D eigenvalue weighted by atomic mass is 16.7. The highest BCUT2D eigenvalue weighted by Crippen LogP contribution is 2.33. The lowest BCUT2D eigenvalue weighted by Crippen LogP contribution is -2.70. The van der Waals surface area contributed by atoms with Crippen LogP contribution in [-0.4, -0.2) is 318 Å². The van der Waals surface area contributed by atoms with E-state index in [0.29, 0.717) is 18.4 Å². The lowest BCUT2D eigenvalue weighted by atomic mass is 9.92. The first-order chi connectivity index (χ1) is 46.7. The second-order valence-corrected chi connectivity index (χ2v) is 24.9. The van der Waals surface area contributed by atoms with Crippen LogP contribution in [0.2, 0.25) is 0 Å². The van der Waals surface area contributed by atoms with Crippen molar-refractivity contribution in [3.05, 3.63) is 65.7 Å². The van der Waals surface area contributed by atoms with Crippen molar-refractivity contribution in [1.82, 2.24) is 52.8 Å². The van der Waals surface area contributed by atoms with Crippen molar-refractivity contribution in [2.24, 2.45) is 11.5 Å². The molecule has 38 nitrogen and oxygen atoms in total. The number of ether oxygens (including phenoxy) is 6. The molecule has 38 heteroatoms. The number of rotatable bonds is 22. The van der Waals surface area contributed by atoms with E-state index in [4.69, 9.17) is 39.9 Å². The summed E-state index contributed by atoms with van der Waals surface area (Å²) in [5.41, 5.74) is 13.2. The van der Waals surface area contributed by atoms with Gasteiger partial charge in [-0.2, -0.15) is 0 Å². The van der Waals surface area contributed by atoms with Gasteiger partial charge in [-0.05, 0) is 29.7 Å². The van der Waals surface area contributed by atoms with E-state index >= 15 is 19.2 Å². The summed E-state index contributed by atoms with van der Waals surface area (Å²) in [6, 6.07) is 1.08. The summed E-state index contributed by atoms with van der Waals surface area (Å²) in [6.45, 7) is -1.50. The minimum atomic E-state index is -2.34. The zero-order chi connectivity index (χ0) is 71.4. The highest BCUT2D eigenvalue weighted by Gasteiger charge is 2.55. The third kappa shape index (κ3) is 18.6. The number of aliphatic hydroxyl groups excluding tert-OH is 13. The van der Waals surface area contributed by atoms with E-state index in [2.05, 4.69) is 47.9 Å². The number of amides is 6. The molecular formula is C60H92N12O26. The van der Waals surface area contributed by atoms with Crippen molar-refractivity contribution in [2.75, 3.05) is 46.1 Å². The average molecular weight is 1400 g/mol. The third-order valence-corrected chi connectivity index (χ3v) is 18.1. The van der Waals surface area contributed by atoms with Gasteiger partial charge < -0.3 is 138 Å². The van der Waals surface area contributed by atoms with Crippen LogP contribution in [0.3, 0.4) is 0 Å². The van der Waals surface area contributed by atoms with Crippen molar-refractivity contribution in [2.45, 2.75) is 211 Å². The summed E-state index contributed by atoms with van der Waals surface area (Å²) in [7, 11) is 0. The highest BCUT2D eigenvalue weighted by molar-refractivity contribution is 5.98. The fraction of sp³-hybridized carbons (Fsp3) is 0.683. The van der Waals surface area contributed by atoms with Gasteiger partial charge in [-0.15, -0.1) is 0 Å². The number of carbonyl (C=O) groups excluding carboxylic acids is 7. The third-order valence-electron chi connectivity index (χ3n) is 18.1. The maximum Gasteiger partial charge on any atom is 0.305 e. The Morgan fingerprint density at radius 3 is 1.86 bits per heavy atom. The number of nitrogens with one attached hydrogen (secondary N) is 9. The first-order valence-electron chi connectivity index (χ1n) is 32.2. The molecule has 6 aliphatic heterocycles. The van der Waals surface area contributed by atoms with Gasteiger partial charge in [-0.3, -0.25) is 49.5 Å². The molecular weight excluding hydrogens is 1300 g/mol. The van der Waals surface area contributed by atoms with Crippen LogP contribution in [0, 0.1) is 0 Å². The fourth-order valence-corrected chi connectivity index (χ4v) is 12.3. The minimum Gasteiger partial charge on any atom is -0.463 e. The Kier molecular flexibility index (Phi) is 27.8. The van der Waals surface area contributed by atoms with Crippen LogP contribution >= 0.6 is 0 Å². The van der Waals surface area contributed by atoms with Crippen molar-refractivity contribution >= 4 is 41.4 Å². The van der Waals surface area contributed by atoms with Crippen LogP contribution in [0.1, 0.15) is 56.6 Å². The molecule has 26 N–H and O–H groups in total. The Morgan fingerprint density at radius 2 is 1.21 bits per heavy atom. The normalized spacial score (nSPS) is 37.6. The van der Waals surface area contributed by atoms with Gasteiger partial charge in [-0.1, -0.05) is 69.2 Å². The number of carbonyl (C=O) groups is 7. The maximum atomic E-state index is 15.3. The average Bonchev–Trinajstić information content (AvgIpc) is 1.44. The SMILES string of the molecule is CCCCCC(=O)OC[C@@H]1NC(=O)[C@@H]([C@@H](O)[C@@H]2CNC(N)N2[C@H]2O[C@H](CO)[C@@H](O)[C@H](O)[C@@H]2O)NC(=O)[C@H]([C@@H](O)[C@@H]2CNC(N)N2)NC(=O)[C@@H](Cc2ccc(O[C@H]3O[C@H](CO)[C@@H](O[C@H]4O[C@H](CO)[C@@H](O)[C@H](O)[C@@H]4O)[C@H](O)[C@@H]3O)cc2)NC(=O)[C@H]([C@@H](C)c2ccccc2)NC(=O)CNC1=O. The van der Waals surface area contributed by atoms with E-state index in [1.165, 1.54) is 24.3 Å². The first kappa shape index (κ1) is 77.3. The van der Waals surface area contributed by atoms with Crippen LogP contribution in [0.4, 0.5) is 0 Å². The van der Waals surface area contributed by atoms with Gasteiger partial charge in [0, 0.05) is 31.8 Å². The molecule has 6 amide bonds. The molecule has 0 aromatic heterocycles. The number of esters is 1. The van der Waals surface area contributed by atoms with E-state index in [1.807, 2.05) is 6.92 Å². The second kappa shape index (κ2) is 35.3. The Morgan fingerprint density at radius 1 is 0.622 bits per heavy atom. The molecule has 8 rings (SSSR count). The number of nitrogens with zero attached hydrogens (tertiary/aromatic N) is 1. The molecule has 0 spiro atoms. The quantitative estimate of drug-likeness (QED) is 0.0384. The fourth-order valence-electron chi connectivity index (χ4n) is 12.3.